The van der Waals surface area contributed by atoms with Crippen molar-refractivity contribution in [3.05, 3.63) is 72.1 Å². The van der Waals surface area contributed by atoms with E-state index in [0.717, 1.165) is 5.75 Å². The van der Waals surface area contributed by atoms with Gasteiger partial charge in [0.2, 0.25) is 0 Å². The van der Waals surface area contributed by atoms with Crippen molar-refractivity contribution < 1.29 is 19.4 Å². The van der Waals surface area contributed by atoms with Crippen LogP contribution in [0.3, 0.4) is 0 Å². The van der Waals surface area contributed by atoms with E-state index in [1.54, 1.807) is 24.3 Å². The van der Waals surface area contributed by atoms with Crippen LogP contribution >= 0.6 is 0 Å². The molecule has 150 valence electrons. The smallest absolute Gasteiger partial charge is 0.278 e. The Kier molecular flexibility index (Phi) is 5.73. The first-order valence-corrected chi connectivity index (χ1v) is 9.19. The minimum absolute atomic E-state index is 0.0877. The molecular weight excluding hydrogens is 368 g/mol. The predicted octanol–water partition coefficient (Wildman–Crippen LogP) is 5.14. The highest BCUT2D eigenvalue weighted by atomic mass is 16.5. The Morgan fingerprint density at radius 1 is 0.966 bits per heavy atom. The summed E-state index contributed by atoms with van der Waals surface area (Å²) in [5.41, 5.74) is 1.76. The number of amides is 1. The molecular formula is C23H24N2O4. The van der Waals surface area contributed by atoms with E-state index in [1.165, 1.54) is 24.9 Å². The van der Waals surface area contributed by atoms with Crippen molar-refractivity contribution in [1.82, 2.24) is 4.98 Å². The molecule has 1 amide bonds. The van der Waals surface area contributed by atoms with Gasteiger partial charge in [0.1, 0.15) is 11.5 Å². The Bertz CT molecular complexity index is 991. The number of hydrogen-bond acceptors (Lipinski definition) is 5. The van der Waals surface area contributed by atoms with Gasteiger partial charge >= 0.3 is 0 Å². The van der Waals surface area contributed by atoms with E-state index >= 15 is 0 Å². The number of nitrogens with one attached hydrogen (secondary N) is 1. The summed E-state index contributed by atoms with van der Waals surface area (Å²) >= 11 is 0. The van der Waals surface area contributed by atoms with Crippen molar-refractivity contribution in [3.8, 4) is 23.0 Å². The largest absolute Gasteiger partial charge is 0.503 e. The average Bonchev–Trinajstić information content (AvgIpc) is 2.69. The molecule has 2 aromatic carbocycles. The van der Waals surface area contributed by atoms with Crippen molar-refractivity contribution in [2.24, 2.45) is 0 Å². The molecule has 6 nitrogen and oxygen atoms in total. The molecule has 0 bridgehead atoms. The van der Waals surface area contributed by atoms with Crippen molar-refractivity contribution >= 4 is 11.6 Å². The van der Waals surface area contributed by atoms with E-state index in [9.17, 15) is 9.90 Å². The molecule has 0 fully saturated rings. The molecule has 3 rings (SSSR count). The molecule has 2 N–H and O–H groups in total. The first-order valence-electron chi connectivity index (χ1n) is 9.19. The number of aromatic nitrogens is 1. The zero-order valence-electron chi connectivity index (χ0n) is 16.9. The number of anilines is 1. The third kappa shape index (κ3) is 4.85. The summed E-state index contributed by atoms with van der Waals surface area (Å²) in [5, 5.41) is 12.7. The summed E-state index contributed by atoms with van der Waals surface area (Å²) < 4.78 is 10.9. The van der Waals surface area contributed by atoms with Gasteiger partial charge in [0.15, 0.2) is 17.2 Å². The van der Waals surface area contributed by atoms with E-state index in [-0.39, 0.29) is 22.6 Å². The number of rotatable bonds is 5. The molecule has 0 spiro atoms. The minimum Gasteiger partial charge on any atom is -0.503 e. The maximum absolute atomic E-state index is 12.4. The standard InChI is InChI=1S/C23H24N2O4/c1-23(2,3)15-5-9-17(10-6-15)29-18-11-7-16(8-12-18)25-22(27)20-21(26)19(28-4)13-14-24-20/h5-14,26H,1-4H3,(H,25,27). The van der Waals surface area contributed by atoms with E-state index in [0.29, 0.717) is 11.4 Å². The van der Waals surface area contributed by atoms with Gasteiger partial charge in [-0.05, 0) is 47.4 Å². The third-order valence-corrected chi connectivity index (χ3v) is 4.39. The van der Waals surface area contributed by atoms with Crippen molar-refractivity contribution in [2.45, 2.75) is 26.2 Å². The summed E-state index contributed by atoms with van der Waals surface area (Å²) in [6, 6.07) is 16.4. The van der Waals surface area contributed by atoms with Crippen molar-refractivity contribution in [3.63, 3.8) is 0 Å². The lowest BCUT2D eigenvalue weighted by molar-refractivity contribution is 0.101. The number of carbonyl (C=O) groups is 1. The zero-order chi connectivity index (χ0) is 21.0. The Morgan fingerprint density at radius 2 is 1.55 bits per heavy atom. The maximum atomic E-state index is 12.4. The Morgan fingerprint density at radius 3 is 2.10 bits per heavy atom. The molecule has 3 aromatic rings. The average molecular weight is 392 g/mol. The van der Waals surface area contributed by atoms with E-state index < -0.39 is 5.91 Å². The van der Waals surface area contributed by atoms with Gasteiger partial charge in [-0.25, -0.2) is 4.98 Å². The number of nitrogens with zero attached hydrogens (tertiary/aromatic N) is 1. The zero-order valence-corrected chi connectivity index (χ0v) is 16.9. The number of carbonyl (C=O) groups excluding carboxylic acids is 1. The molecule has 6 heteroatoms. The number of benzene rings is 2. The predicted molar refractivity (Wildman–Crippen MR) is 112 cm³/mol. The number of hydrogen-bond donors (Lipinski definition) is 2. The highest BCUT2D eigenvalue weighted by Crippen LogP contribution is 2.29. The molecule has 0 atom stereocenters. The van der Waals surface area contributed by atoms with Gasteiger partial charge in [0.25, 0.3) is 5.91 Å². The molecule has 29 heavy (non-hydrogen) atoms. The number of pyridine rings is 1. The highest BCUT2D eigenvalue weighted by Gasteiger charge is 2.17. The monoisotopic (exact) mass is 392 g/mol. The summed E-state index contributed by atoms with van der Waals surface area (Å²) in [5.74, 6) is 0.736. The first-order chi connectivity index (χ1) is 13.8. The van der Waals surface area contributed by atoms with Crippen LogP contribution in [-0.2, 0) is 5.41 Å². The van der Waals surface area contributed by atoms with Gasteiger partial charge in [-0.3, -0.25) is 4.79 Å². The summed E-state index contributed by atoms with van der Waals surface area (Å²) in [4.78, 5) is 16.3. The second-order valence-corrected chi connectivity index (χ2v) is 7.57. The SMILES string of the molecule is COc1ccnc(C(=O)Nc2ccc(Oc3ccc(C(C)(C)C)cc3)cc2)c1O. The highest BCUT2D eigenvalue weighted by molar-refractivity contribution is 6.05. The van der Waals surface area contributed by atoms with Gasteiger partial charge in [0, 0.05) is 18.0 Å². The maximum Gasteiger partial charge on any atom is 0.278 e. The fourth-order valence-corrected chi connectivity index (χ4v) is 2.72. The first kappa shape index (κ1) is 20.2. The van der Waals surface area contributed by atoms with Gasteiger partial charge in [0.05, 0.1) is 7.11 Å². The fraction of sp³-hybridized carbons (Fsp3) is 0.217. The quantitative estimate of drug-likeness (QED) is 0.628. The molecule has 1 heterocycles. The second-order valence-electron chi connectivity index (χ2n) is 7.57. The fourth-order valence-electron chi connectivity index (χ4n) is 2.72. The summed E-state index contributed by atoms with van der Waals surface area (Å²) in [6.07, 6.45) is 1.40. The number of aromatic hydroxyl groups is 1. The summed E-state index contributed by atoms with van der Waals surface area (Å²) in [6.45, 7) is 6.49. The molecule has 0 saturated heterocycles. The lowest BCUT2D eigenvalue weighted by Crippen LogP contribution is -2.14. The van der Waals surface area contributed by atoms with Crippen LogP contribution < -0.4 is 14.8 Å². The van der Waals surface area contributed by atoms with Gasteiger partial charge < -0.3 is 19.9 Å². The molecule has 0 aliphatic heterocycles. The normalized spacial score (nSPS) is 11.0. The van der Waals surface area contributed by atoms with E-state index in [4.69, 9.17) is 9.47 Å². The van der Waals surface area contributed by atoms with E-state index in [1.807, 2.05) is 12.1 Å². The van der Waals surface area contributed by atoms with Gasteiger partial charge in [-0.1, -0.05) is 32.9 Å². The van der Waals surface area contributed by atoms with Crippen LogP contribution in [0.2, 0.25) is 0 Å². The topological polar surface area (TPSA) is 80.7 Å². The van der Waals surface area contributed by atoms with Crippen LogP contribution in [0, 0.1) is 0 Å². The second kappa shape index (κ2) is 8.22. The Balaban J connectivity index is 1.67. The van der Waals surface area contributed by atoms with Crippen LogP contribution in [-0.4, -0.2) is 23.1 Å². The summed E-state index contributed by atoms with van der Waals surface area (Å²) in [7, 11) is 1.41. The Labute approximate surface area is 170 Å². The lowest BCUT2D eigenvalue weighted by Gasteiger charge is -2.19. The van der Waals surface area contributed by atoms with Gasteiger partial charge in [-0.2, -0.15) is 0 Å². The van der Waals surface area contributed by atoms with Crippen LogP contribution in [0.25, 0.3) is 0 Å². The molecule has 0 aliphatic rings. The molecule has 0 aliphatic carbocycles. The van der Waals surface area contributed by atoms with Crippen LogP contribution in [0.4, 0.5) is 5.69 Å². The molecule has 0 saturated carbocycles. The molecule has 0 unspecified atom stereocenters. The number of methoxy groups -OCH3 is 1. The third-order valence-electron chi connectivity index (χ3n) is 4.39. The molecule has 0 radical (unpaired) electrons. The van der Waals surface area contributed by atoms with Crippen molar-refractivity contribution in [1.29, 1.82) is 0 Å². The van der Waals surface area contributed by atoms with Crippen LogP contribution in [0.15, 0.2) is 60.8 Å². The van der Waals surface area contributed by atoms with E-state index in [2.05, 4.69) is 43.2 Å². The molecule has 1 aromatic heterocycles. The van der Waals surface area contributed by atoms with Crippen LogP contribution in [0.5, 0.6) is 23.0 Å². The lowest BCUT2D eigenvalue weighted by atomic mass is 9.87. The Hall–Kier alpha value is -3.54. The van der Waals surface area contributed by atoms with Crippen molar-refractivity contribution in [2.75, 3.05) is 12.4 Å². The number of ether oxygens (including phenoxy) is 2. The van der Waals surface area contributed by atoms with Crippen LogP contribution in [0.1, 0.15) is 36.8 Å². The van der Waals surface area contributed by atoms with Gasteiger partial charge in [-0.15, -0.1) is 0 Å². The minimum atomic E-state index is -0.534.